The predicted molar refractivity (Wildman–Crippen MR) is 153 cm³/mol. The van der Waals surface area contributed by atoms with Crippen molar-refractivity contribution in [3.8, 4) is 0 Å². The van der Waals surface area contributed by atoms with Crippen LogP contribution >= 0.6 is 0 Å². The van der Waals surface area contributed by atoms with Gasteiger partial charge in [0.2, 0.25) is 5.91 Å². The molecule has 2 aromatic carbocycles. The van der Waals surface area contributed by atoms with E-state index in [-0.39, 0.29) is 41.9 Å². The second-order valence-corrected chi connectivity index (χ2v) is 11.8. The molecule has 2 saturated heterocycles. The number of rotatable bonds is 8. The molecule has 3 aliphatic rings. The highest BCUT2D eigenvalue weighted by Gasteiger charge is 2.40. The molecule has 5 rings (SSSR count). The molecule has 40 heavy (non-hydrogen) atoms. The minimum Gasteiger partial charge on any atom is -0.377 e. The number of aryl methyl sites for hydroxylation is 1. The van der Waals surface area contributed by atoms with E-state index in [0.29, 0.717) is 18.5 Å². The van der Waals surface area contributed by atoms with Crippen molar-refractivity contribution < 1.29 is 18.7 Å². The lowest BCUT2D eigenvalue weighted by molar-refractivity contribution is -0.128. The van der Waals surface area contributed by atoms with Gasteiger partial charge in [-0.1, -0.05) is 24.3 Å². The summed E-state index contributed by atoms with van der Waals surface area (Å²) >= 11 is 0. The quantitative estimate of drug-likeness (QED) is 0.515. The lowest BCUT2D eigenvalue weighted by atomic mass is 9.90. The van der Waals surface area contributed by atoms with Crippen molar-refractivity contribution in [2.24, 2.45) is 5.73 Å². The number of hydrogen-bond donors (Lipinski definition) is 2. The molecule has 2 amide bonds. The Labute approximate surface area is 237 Å². The number of piperidine rings is 1. The predicted octanol–water partition coefficient (Wildman–Crippen LogP) is 4.17. The molecule has 2 heterocycles. The third-order valence-electron chi connectivity index (χ3n) is 8.96. The topological polar surface area (TPSA) is 87.9 Å². The molecule has 0 aromatic heterocycles. The molecule has 8 heteroatoms. The van der Waals surface area contributed by atoms with Crippen molar-refractivity contribution >= 4 is 11.8 Å². The summed E-state index contributed by atoms with van der Waals surface area (Å²) in [5.41, 5.74) is 9.00. The van der Waals surface area contributed by atoms with Crippen molar-refractivity contribution in [2.75, 3.05) is 19.7 Å². The number of carbonyl (C=O) groups is 2. The summed E-state index contributed by atoms with van der Waals surface area (Å²) in [6.45, 7) is 4.97. The van der Waals surface area contributed by atoms with Gasteiger partial charge < -0.3 is 20.7 Å². The Bertz CT molecular complexity index is 1150. The van der Waals surface area contributed by atoms with Crippen molar-refractivity contribution in [1.82, 2.24) is 15.1 Å². The van der Waals surface area contributed by atoms with Gasteiger partial charge in [0.25, 0.3) is 5.91 Å². The fourth-order valence-corrected chi connectivity index (χ4v) is 6.49. The van der Waals surface area contributed by atoms with Crippen LogP contribution in [0, 0.1) is 12.7 Å². The Hall–Kier alpha value is -2.81. The van der Waals surface area contributed by atoms with Crippen LogP contribution in [0.4, 0.5) is 4.39 Å². The Morgan fingerprint density at radius 2 is 1.80 bits per heavy atom. The second-order valence-electron chi connectivity index (χ2n) is 11.8. The van der Waals surface area contributed by atoms with Gasteiger partial charge in [-0.15, -0.1) is 0 Å². The summed E-state index contributed by atoms with van der Waals surface area (Å²) in [5, 5.41) is 3.25. The van der Waals surface area contributed by atoms with Gasteiger partial charge in [-0.05, 0) is 93.7 Å². The van der Waals surface area contributed by atoms with E-state index in [1.54, 1.807) is 4.90 Å². The molecule has 1 aliphatic carbocycles. The van der Waals surface area contributed by atoms with Crippen molar-refractivity contribution in [2.45, 2.75) is 95.1 Å². The summed E-state index contributed by atoms with van der Waals surface area (Å²) in [6.07, 6.45) is 7.09. The van der Waals surface area contributed by atoms with Crippen LogP contribution in [0.15, 0.2) is 48.5 Å². The fourth-order valence-electron chi connectivity index (χ4n) is 6.49. The van der Waals surface area contributed by atoms with Gasteiger partial charge in [0.15, 0.2) is 0 Å². The van der Waals surface area contributed by atoms with Crippen LogP contribution in [0.3, 0.4) is 0 Å². The smallest absolute Gasteiger partial charge is 0.254 e. The molecular weight excluding hydrogens is 507 g/mol. The molecule has 216 valence electrons. The third-order valence-corrected chi connectivity index (χ3v) is 8.96. The van der Waals surface area contributed by atoms with E-state index >= 15 is 0 Å². The van der Waals surface area contributed by atoms with Crippen LogP contribution in [0.25, 0.3) is 0 Å². The van der Waals surface area contributed by atoms with Crippen LogP contribution in [-0.4, -0.2) is 71.6 Å². The number of halogens is 1. The van der Waals surface area contributed by atoms with Gasteiger partial charge in [0, 0.05) is 49.9 Å². The average molecular weight is 551 g/mol. The van der Waals surface area contributed by atoms with Gasteiger partial charge in [-0.25, -0.2) is 4.39 Å². The number of nitrogens with zero attached hydrogens (tertiary/aromatic N) is 2. The average Bonchev–Trinajstić information content (AvgIpc) is 3.48. The number of likely N-dealkylation sites (tertiary alicyclic amines) is 1. The highest BCUT2D eigenvalue weighted by molar-refractivity contribution is 5.97. The zero-order valence-corrected chi connectivity index (χ0v) is 23.6. The van der Waals surface area contributed by atoms with Gasteiger partial charge in [-0.3, -0.25) is 14.5 Å². The van der Waals surface area contributed by atoms with E-state index in [1.807, 2.05) is 0 Å². The summed E-state index contributed by atoms with van der Waals surface area (Å²) in [4.78, 5) is 31.6. The first-order chi connectivity index (χ1) is 19.4. The highest BCUT2D eigenvalue weighted by atomic mass is 19.1. The van der Waals surface area contributed by atoms with Crippen molar-refractivity contribution in [3.63, 3.8) is 0 Å². The van der Waals surface area contributed by atoms with E-state index in [9.17, 15) is 14.0 Å². The Morgan fingerprint density at radius 1 is 1.05 bits per heavy atom. The molecule has 3 N–H and O–H groups in total. The first-order valence-corrected chi connectivity index (χ1v) is 14.9. The highest BCUT2D eigenvalue weighted by Crippen LogP contribution is 2.28. The maximum Gasteiger partial charge on any atom is 0.254 e. The maximum absolute atomic E-state index is 13.8. The van der Waals surface area contributed by atoms with Gasteiger partial charge in [0.05, 0.1) is 6.10 Å². The molecule has 2 aromatic rings. The van der Waals surface area contributed by atoms with Crippen molar-refractivity contribution in [1.29, 1.82) is 0 Å². The van der Waals surface area contributed by atoms with Gasteiger partial charge in [-0.2, -0.15) is 0 Å². The Morgan fingerprint density at radius 3 is 2.50 bits per heavy atom. The van der Waals surface area contributed by atoms with Crippen LogP contribution in [0.1, 0.15) is 72.9 Å². The normalized spacial score (nSPS) is 27.1. The van der Waals surface area contributed by atoms with E-state index in [0.717, 1.165) is 64.6 Å². The van der Waals surface area contributed by atoms with E-state index in [4.69, 9.17) is 10.5 Å². The largest absolute Gasteiger partial charge is 0.377 e. The van der Waals surface area contributed by atoms with E-state index in [1.165, 1.54) is 35.4 Å². The molecule has 0 spiro atoms. The first-order valence-electron chi connectivity index (χ1n) is 14.9. The van der Waals surface area contributed by atoms with Gasteiger partial charge >= 0.3 is 0 Å². The molecule has 3 atom stereocenters. The molecule has 0 radical (unpaired) electrons. The molecule has 0 bridgehead atoms. The first kappa shape index (κ1) is 28.7. The molecule has 3 fully saturated rings. The Balaban J connectivity index is 1.37. The molecule has 7 nitrogen and oxygen atoms in total. The van der Waals surface area contributed by atoms with Crippen LogP contribution in [0.5, 0.6) is 0 Å². The van der Waals surface area contributed by atoms with Gasteiger partial charge in [0.1, 0.15) is 11.9 Å². The Kier molecular flexibility index (Phi) is 9.50. The number of hydrogen-bond acceptors (Lipinski definition) is 5. The number of nitrogens with two attached hydrogens (primary N) is 1. The zero-order valence-electron chi connectivity index (χ0n) is 23.6. The number of amides is 2. The zero-order chi connectivity index (χ0) is 28.1. The van der Waals surface area contributed by atoms with Crippen LogP contribution in [-0.2, 0) is 16.1 Å². The molecule has 1 saturated carbocycles. The number of nitrogens with one attached hydrogen (secondary N) is 1. The van der Waals surface area contributed by atoms with Crippen LogP contribution < -0.4 is 11.1 Å². The third kappa shape index (κ3) is 7.09. The summed E-state index contributed by atoms with van der Waals surface area (Å²) in [7, 11) is 0. The number of ether oxygens (including phenoxy) is 1. The minimum atomic E-state index is -0.601. The number of carbonyl (C=O) groups excluding carboxylic acids is 2. The van der Waals surface area contributed by atoms with Crippen molar-refractivity contribution in [3.05, 3.63) is 71.0 Å². The minimum absolute atomic E-state index is 0.0745. The summed E-state index contributed by atoms with van der Waals surface area (Å²) in [6, 6.07) is 13.8. The van der Waals surface area contributed by atoms with E-state index < -0.39 is 6.04 Å². The lowest BCUT2D eigenvalue weighted by Crippen LogP contribution is -2.59. The lowest BCUT2D eigenvalue weighted by Gasteiger charge is -2.44. The maximum atomic E-state index is 13.8. The van der Waals surface area contributed by atoms with Crippen LogP contribution in [0.2, 0.25) is 0 Å². The van der Waals surface area contributed by atoms with E-state index in [2.05, 4.69) is 41.4 Å². The molecule has 2 unspecified atom stereocenters. The second kappa shape index (κ2) is 13.2. The molecular formula is C32H43FN4O3. The fraction of sp³-hybridized carbons (Fsp3) is 0.562. The summed E-state index contributed by atoms with van der Waals surface area (Å²) in [5.74, 6) is -0.719. The summed E-state index contributed by atoms with van der Waals surface area (Å²) < 4.78 is 19.6. The monoisotopic (exact) mass is 550 g/mol. The molecule has 2 aliphatic heterocycles. The standard InChI is InChI=1S/C32H43FN4O3/c1-22-5-2-3-6-24(22)20-36(21-29-7-4-18-40-29)28-16-17-37(32(39)23-8-10-25(33)11-9-23)30(19-28)31(38)35-27-14-12-26(34)13-15-27/h2-3,5-6,8-11,26-30H,4,7,12-21,34H2,1H3,(H,35,38)/t26?,27?,28?,29?,30-/m1/s1. The number of benzene rings is 2. The SMILES string of the molecule is Cc1ccccc1CN(CC1CCCO1)C1CCN(C(=O)c2ccc(F)cc2)[C@@H](C(=O)NC2CCC(N)CC2)C1.